The molecule has 0 amide bonds. The van der Waals surface area contributed by atoms with Crippen LogP contribution in [0.15, 0.2) is 22.7 Å². The van der Waals surface area contributed by atoms with Crippen LogP contribution < -0.4 is 5.32 Å². The molecule has 2 rings (SSSR count). The van der Waals surface area contributed by atoms with Crippen LogP contribution in [-0.2, 0) is 0 Å². The summed E-state index contributed by atoms with van der Waals surface area (Å²) in [5.41, 5.74) is 1.09. The lowest BCUT2D eigenvalue weighted by molar-refractivity contribution is 0.642. The zero-order valence-corrected chi connectivity index (χ0v) is 11.1. The largest absolute Gasteiger partial charge is 0.382 e. The van der Waals surface area contributed by atoms with Crippen molar-refractivity contribution in [3.05, 3.63) is 27.7 Å². The monoisotopic (exact) mass is 287 g/mol. The Morgan fingerprint density at radius 3 is 2.93 bits per heavy atom. The van der Waals surface area contributed by atoms with Crippen molar-refractivity contribution >= 4 is 33.2 Å². The van der Waals surface area contributed by atoms with Gasteiger partial charge < -0.3 is 5.32 Å². The summed E-state index contributed by atoms with van der Waals surface area (Å²) < 4.78 is 1.08. The first-order chi connectivity index (χ1) is 7.15. The van der Waals surface area contributed by atoms with Gasteiger partial charge in [-0.1, -0.05) is 24.4 Å². The molecule has 1 aliphatic rings. The number of hydrogen-bond acceptors (Lipinski definition) is 1. The van der Waals surface area contributed by atoms with Crippen molar-refractivity contribution in [2.45, 2.75) is 32.2 Å². The van der Waals surface area contributed by atoms with E-state index < -0.39 is 0 Å². The minimum absolute atomic E-state index is 0.521. The summed E-state index contributed by atoms with van der Waals surface area (Å²) in [6.07, 6.45) is 4.07. The van der Waals surface area contributed by atoms with Crippen molar-refractivity contribution in [2.24, 2.45) is 5.92 Å². The van der Waals surface area contributed by atoms with Gasteiger partial charge in [0, 0.05) is 15.5 Å². The van der Waals surface area contributed by atoms with E-state index >= 15 is 0 Å². The van der Waals surface area contributed by atoms with E-state index in [9.17, 15) is 0 Å². The van der Waals surface area contributed by atoms with Crippen LogP contribution in [0.25, 0.3) is 0 Å². The number of anilines is 1. The summed E-state index contributed by atoms with van der Waals surface area (Å²) in [7, 11) is 0. The summed E-state index contributed by atoms with van der Waals surface area (Å²) in [5.74, 6) is 0.949. The summed E-state index contributed by atoms with van der Waals surface area (Å²) in [6, 6.07) is 6.36. The molecule has 0 bridgehead atoms. The Hall–Kier alpha value is -0.210. The molecule has 1 fully saturated rings. The lowest BCUT2D eigenvalue weighted by Gasteiger charge is -2.16. The number of benzene rings is 1. The average Bonchev–Trinajstić information content (AvgIpc) is 2.95. The quantitative estimate of drug-likeness (QED) is 0.846. The molecule has 82 valence electrons. The molecule has 0 heterocycles. The number of hydrogen-bond donors (Lipinski definition) is 1. The van der Waals surface area contributed by atoms with Crippen LogP contribution in [0.5, 0.6) is 0 Å². The maximum Gasteiger partial charge on any atom is 0.0501 e. The van der Waals surface area contributed by atoms with E-state index in [1.807, 2.05) is 18.2 Å². The molecule has 1 aromatic rings. The first-order valence-electron chi connectivity index (χ1n) is 5.37. The van der Waals surface area contributed by atoms with E-state index in [-0.39, 0.29) is 0 Å². The van der Waals surface area contributed by atoms with Crippen LogP contribution in [0.1, 0.15) is 26.2 Å². The Morgan fingerprint density at radius 2 is 2.27 bits per heavy atom. The maximum absolute atomic E-state index is 5.96. The van der Waals surface area contributed by atoms with Gasteiger partial charge in [0.25, 0.3) is 0 Å². The van der Waals surface area contributed by atoms with E-state index in [1.165, 1.54) is 19.3 Å². The van der Waals surface area contributed by atoms with Gasteiger partial charge in [-0.05, 0) is 53.4 Å². The third-order valence-electron chi connectivity index (χ3n) is 2.71. The molecule has 0 saturated heterocycles. The predicted molar refractivity (Wildman–Crippen MR) is 69.6 cm³/mol. The Bertz CT molecular complexity index is 349. The minimum atomic E-state index is 0.521. The fourth-order valence-corrected chi connectivity index (χ4v) is 2.32. The maximum atomic E-state index is 5.96. The van der Waals surface area contributed by atoms with E-state index in [0.29, 0.717) is 6.04 Å². The summed E-state index contributed by atoms with van der Waals surface area (Å²) in [4.78, 5) is 0. The Balaban J connectivity index is 1.98. The minimum Gasteiger partial charge on any atom is -0.382 e. The molecular formula is C12H15BrClN. The van der Waals surface area contributed by atoms with E-state index in [2.05, 4.69) is 28.2 Å². The van der Waals surface area contributed by atoms with Gasteiger partial charge >= 0.3 is 0 Å². The highest BCUT2D eigenvalue weighted by Crippen LogP contribution is 2.35. The van der Waals surface area contributed by atoms with E-state index in [4.69, 9.17) is 11.6 Å². The fraction of sp³-hybridized carbons (Fsp3) is 0.500. The van der Waals surface area contributed by atoms with Gasteiger partial charge in [-0.25, -0.2) is 0 Å². The molecule has 15 heavy (non-hydrogen) atoms. The number of rotatable bonds is 4. The van der Waals surface area contributed by atoms with Crippen LogP contribution in [0.3, 0.4) is 0 Å². The fourth-order valence-electron chi connectivity index (χ4n) is 1.79. The average molecular weight is 289 g/mol. The number of halogens is 2. The van der Waals surface area contributed by atoms with Gasteiger partial charge in [0.15, 0.2) is 0 Å². The molecule has 1 nitrogen and oxygen atoms in total. The topological polar surface area (TPSA) is 12.0 Å². The molecule has 0 aliphatic heterocycles. The Kier molecular flexibility index (Phi) is 3.57. The third kappa shape index (κ3) is 3.39. The summed E-state index contributed by atoms with van der Waals surface area (Å²) in [5, 5.41) is 4.27. The highest BCUT2D eigenvalue weighted by molar-refractivity contribution is 9.10. The molecule has 1 aromatic carbocycles. The molecular weight excluding hydrogens is 273 g/mol. The predicted octanol–water partition coefficient (Wildman–Crippen LogP) is 4.70. The molecule has 0 spiro atoms. The smallest absolute Gasteiger partial charge is 0.0501 e. The zero-order valence-electron chi connectivity index (χ0n) is 8.76. The van der Waals surface area contributed by atoms with Crippen LogP contribution >= 0.6 is 27.5 Å². The van der Waals surface area contributed by atoms with Gasteiger partial charge in [-0.15, -0.1) is 0 Å². The highest BCUT2D eigenvalue weighted by atomic mass is 79.9. The van der Waals surface area contributed by atoms with Gasteiger partial charge in [0.2, 0.25) is 0 Å². The number of nitrogens with one attached hydrogen (secondary N) is 1. The Morgan fingerprint density at radius 1 is 1.53 bits per heavy atom. The zero-order chi connectivity index (χ0) is 10.8. The molecule has 1 aliphatic carbocycles. The second kappa shape index (κ2) is 4.75. The molecule has 3 heteroatoms. The highest BCUT2D eigenvalue weighted by Gasteiger charge is 2.23. The van der Waals surface area contributed by atoms with Crippen LogP contribution in [0.4, 0.5) is 5.69 Å². The molecule has 1 unspecified atom stereocenters. The van der Waals surface area contributed by atoms with E-state index in [0.717, 1.165) is 21.1 Å². The van der Waals surface area contributed by atoms with Crippen LogP contribution in [0.2, 0.25) is 5.02 Å². The van der Waals surface area contributed by atoms with Crippen molar-refractivity contribution in [2.75, 3.05) is 5.32 Å². The second-order valence-corrected chi connectivity index (χ2v) is 5.64. The molecule has 1 atom stereocenters. The van der Waals surface area contributed by atoms with Crippen molar-refractivity contribution in [3.63, 3.8) is 0 Å². The van der Waals surface area contributed by atoms with Crippen molar-refractivity contribution in [1.82, 2.24) is 0 Å². The van der Waals surface area contributed by atoms with Gasteiger partial charge in [0.05, 0.1) is 5.69 Å². The summed E-state index contributed by atoms with van der Waals surface area (Å²) >= 11 is 9.48. The SMILES string of the molecule is CC(CC1CC1)Nc1cc(Cl)ccc1Br. The van der Waals surface area contributed by atoms with Crippen molar-refractivity contribution < 1.29 is 0 Å². The second-order valence-electron chi connectivity index (χ2n) is 4.35. The van der Waals surface area contributed by atoms with Crippen LogP contribution in [-0.4, -0.2) is 6.04 Å². The summed E-state index contributed by atoms with van der Waals surface area (Å²) in [6.45, 7) is 2.23. The van der Waals surface area contributed by atoms with Crippen LogP contribution in [0, 0.1) is 5.92 Å². The van der Waals surface area contributed by atoms with Crippen molar-refractivity contribution in [3.8, 4) is 0 Å². The Labute approximate surface area is 104 Å². The van der Waals surface area contributed by atoms with Gasteiger partial charge in [-0.2, -0.15) is 0 Å². The van der Waals surface area contributed by atoms with Gasteiger partial charge in [-0.3, -0.25) is 0 Å². The lowest BCUT2D eigenvalue weighted by Crippen LogP contribution is -2.15. The first kappa shape index (κ1) is 11.3. The van der Waals surface area contributed by atoms with Crippen molar-refractivity contribution in [1.29, 1.82) is 0 Å². The standard InChI is InChI=1S/C12H15BrClN/c1-8(6-9-2-3-9)15-12-7-10(14)4-5-11(12)13/h4-5,7-9,15H,2-3,6H2,1H3. The normalized spacial score (nSPS) is 17.5. The first-order valence-corrected chi connectivity index (χ1v) is 6.54. The van der Waals surface area contributed by atoms with Gasteiger partial charge in [0.1, 0.15) is 0 Å². The molecule has 0 radical (unpaired) electrons. The van der Waals surface area contributed by atoms with E-state index in [1.54, 1.807) is 0 Å². The molecule has 1 N–H and O–H groups in total. The molecule has 0 aromatic heterocycles. The lowest BCUT2D eigenvalue weighted by atomic mass is 10.1. The third-order valence-corrected chi connectivity index (χ3v) is 3.64. The molecule has 1 saturated carbocycles.